The van der Waals surface area contributed by atoms with E-state index in [0.717, 1.165) is 44.0 Å². The summed E-state index contributed by atoms with van der Waals surface area (Å²) in [6.45, 7) is 6.19. The second-order valence-corrected chi connectivity index (χ2v) is 4.42. The van der Waals surface area contributed by atoms with Gasteiger partial charge in [-0.25, -0.2) is 0 Å². The Morgan fingerprint density at radius 3 is 2.53 bits per heavy atom. The van der Waals surface area contributed by atoms with Crippen LogP contribution in [0, 0.1) is 5.92 Å². The number of nitrogens with two attached hydrogens (primary N) is 1. The molecule has 1 aliphatic heterocycles. The molecule has 0 atom stereocenters. The van der Waals surface area contributed by atoms with Gasteiger partial charge in [-0.2, -0.15) is 0 Å². The molecule has 17 heavy (non-hydrogen) atoms. The summed E-state index contributed by atoms with van der Waals surface area (Å²) in [6.07, 6.45) is 2.19. The van der Waals surface area contributed by atoms with E-state index in [1.165, 1.54) is 0 Å². The van der Waals surface area contributed by atoms with Crippen LogP contribution in [0.15, 0.2) is 30.8 Å². The SMILES string of the molecule is C=C(N)c1ccc(OCC2CCOCC2)cc1. The van der Waals surface area contributed by atoms with Gasteiger partial charge in [0.15, 0.2) is 0 Å². The molecule has 0 aliphatic carbocycles. The van der Waals surface area contributed by atoms with Gasteiger partial charge in [-0.1, -0.05) is 6.58 Å². The summed E-state index contributed by atoms with van der Waals surface area (Å²) in [5.41, 5.74) is 7.14. The fourth-order valence-electron chi connectivity index (χ4n) is 1.89. The molecule has 1 fully saturated rings. The van der Waals surface area contributed by atoms with Gasteiger partial charge in [-0.3, -0.25) is 0 Å². The van der Waals surface area contributed by atoms with Crippen LogP contribution in [0.5, 0.6) is 5.75 Å². The second-order valence-electron chi connectivity index (χ2n) is 4.42. The van der Waals surface area contributed by atoms with Crippen molar-refractivity contribution in [3.05, 3.63) is 36.4 Å². The van der Waals surface area contributed by atoms with Crippen LogP contribution in [-0.4, -0.2) is 19.8 Å². The Hall–Kier alpha value is -1.48. The van der Waals surface area contributed by atoms with Crippen LogP contribution in [0.4, 0.5) is 0 Å². The lowest BCUT2D eigenvalue weighted by Gasteiger charge is -2.22. The Kier molecular flexibility index (Phi) is 4.04. The van der Waals surface area contributed by atoms with Crippen LogP contribution in [-0.2, 0) is 4.74 Å². The number of hydrogen-bond acceptors (Lipinski definition) is 3. The zero-order chi connectivity index (χ0) is 12.1. The number of benzene rings is 1. The minimum absolute atomic E-state index is 0.584. The van der Waals surface area contributed by atoms with Crippen molar-refractivity contribution in [1.82, 2.24) is 0 Å². The lowest BCUT2D eigenvalue weighted by atomic mass is 10.0. The normalized spacial score (nSPS) is 16.7. The van der Waals surface area contributed by atoms with E-state index in [0.29, 0.717) is 11.6 Å². The van der Waals surface area contributed by atoms with Crippen molar-refractivity contribution in [2.24, 2.45) is 11.7 Å². The Morgan fingerprint density at radius 1 is 1.29 bits per heavy atom. The Balaban J connectivity index is 1.84. The molecular weight excluding hydrogens is 214 g/mol. The number of hydrogen-bond donors (Lipinski definition) is 1. The molecule has 0 unspecified atom stereocenters. The maximum absolute atomic E-state index is 5.75. The van der Waals surface area contributed by atoms with E-state index in [4.69, 9.17) is 15.2 Å². The molecule has 1 saturated heterocycles. The molecule has 3 nitrogen and oxygen atoms in total. The van der Waals surface area contributed by atoms with Gasteiger partial charge in [-0.15, -0.1) is 0 Å². The molecule has 0 radical (unpaired) electrons. The van der Waals surface area contributed by atoms with Gasteiger partial charge >= 0.3 is 0 Å². The molecule has 1 aromatic carbocycles. The smallest absolute Gasteiger partial charge is 0.119 e. The standard InChI is InChI=1S/C14H19NO2/c1-11(15)13-2-4-14(5-3-13)17-10-12-6-8-16-9-7-12/h2-5,12H,1,6-10,15H2. The van der Waals surface area contributed by atoms with Crippen molar-refractivity contribution < 1.29 is 9.47 Å². The Bertz CT molecular complexity index is 366. The summed E-state index contributed by atoms with van der Waals surface area (Å²) in [5.74, 6) is 1.51. The predicted molar refractivity (Wildman–Crippen MR) is 68.7 cm³/mol. The topological polar surface area (TPSA) is 44.5 Å². The minimum Gasteiger partial charge on any atom is -0.493 e. The highest BCUT2D eigenvalue weighted by Gasteiger charge is 2.14. The van der Waals surface area contributed by atoms with Crippen molar-refractivity contribution in [3.8, 4) is 5.75 Å². The van der Waals surface area contributed by atoms with Gasteiger partial charge < -0.3 is 15.2 Å². The molecule has 1 aliphatic rings. The summed E-state index contributed by atoms with van der Waals surface area (Å²) < 4.78 is 11.1. The minimum atomic E-state index is 0.584. The third-order valence-corrected chi connectivity index (χ3v) is 3.05. The fourth-order valence-corrected chi connectivity index (χ4v) is 1.89. The van der Waals surface area contributed by atoms with E-state index < -0.39 is 0 Å². The molecule has 1 aromatic rings. The first-order valence-electron chi connectivity index (χ1n) is 6.01. The maximum Gasteiger partial charge on any atom is 0.119 e. The first-order chi connectivity index (χ1) is 8.25. The van der Waals surface area contributed by atoms with Crippen molar-refractivity contribution in [3.63, 3.8) is 0 Å². The van der Waals surface area contributed by atoms with Crippen LogP contribution in [0.1, 0.15) is 18.4 Å². The highest BCUT2D eigenvalue weighted by Crippen LogP contribution is 2.19. The first-order valence-corrected chi connectivity index (χ1v) is 6.01. The van der Waals surface area contributed by atoms with Crippen LogP contribution in [0.25, 0.3) is 5.70 Å². The van der Waals surface area contributed by atoms with E-state index in [1.807, 2.05) is 24.3 Å². The van der Waals surface area contributed by atoms with Gasteiger partial charge in [0.1, 0.15) is 5.75 Å². The van der Waals surface area contributed by atoms with E-state index in [-0.39, 0.29) is 0 Å². The third-order valence-electron chi connectivity index (χ3n) is 3.05. The lowest BCUT2D eigenvalue weighted by Crippen LogP contribution is -2.21. The fraction of sp³-hybridized carbons (Fsp3) is 0.429. The van der Waals surface area contributed by atoms with Crippen molar-refractivity contribution in [2.75, 3.05) is 19.8 Å². The van der Waals surface area contributed by atoms with Crippen LogP contribution in [0.2, 0.25) is 0 Å². The van der Waals surface area contributed by atoms with Gasteiger partial charge in [-0.05, 0) is 48.6 Å². The van der Waals surface area contributed by atoms with E-state index >= 15 is 0 Å². The molecule has 0 spiro atoms. The summed E-state index contributed by atoms with van der Waals surface area (Å²) in [5, 5.41) is 0. The largest absolute Gasteiger partial charge is 0.493 e. The van der Waals surface area contributed by atoms with Gasteiger partial charge in [0.2, 0.25) is 0 Å². The maximum atomic E-state index is 5.75. The number of rotatable bonds is 4. The van der Waals surface area contributed by atoms with Gasteiger partial charge in [0, 0.05) is 18.9 Å². The van der Waals surface area contributed by atoms with Crippen molar-refractivity contribution in [1.29, 1.82) is 0 Å². The Morgan fingerprint density at radius 2 is 1.94 bits per heavy atom. The molecule has 0 saturated carbocycles. The monoisotopic (exact) mass is 233 g/mol. The summed E-state index contributed by atoms with van der Waals surface area (Å²) in [4.78, 5) is 0. The van der Waals surface area contributed by atoms with E-state index in [9.17, 15) is 0 Å². The molecule has 2 N–H and O–H groups in total. The first kappa shape index (κ1) is 12.0. The van der Waals surface area contributed by atoms with Crippen LogP contribution < -0.4 is 10.5 Å². The highest BCUT2D eigenvalue weighted by atomic mass is 16.5. The van der Waals surface area contributed by atoms with Crippen LogP contribution in [0.3, 0.4) is 0 Å². The molecule has 3 heteroatoms. The van der Waals surface area contributed by atoms with Crippen molar-refractivity contribution >= 4 is 5.70 Å². The summed E-state index contributed by atoms with van der Waals surface area (Å²) in [7, 11) is 0. The Labute approximate surface area is 102 Å². The molecule has 0 aromatic heterocycles. The molecule has 92 valence electrons. The average Bonchev–Trinajstić information content (AvgIpc) is 2.38. The average molecular weight is 233 g/mol. The van der Waals surface area contributed by atoms with E-state index in [2.05, 4.69) is 6.58 Å². The van der Waals surface area contributed by atoms with Crippen LogP contribution >= 0.6 is 0 Å². The van der Waals surface area contributed by atoms with Crippen molar-refractivity contribution in [2.45, 2.75) is 12.8 Å². The second kappa shape index (κ2) is 5.73. The molecule has 1 heterocycles. The van der Waals surface area contributed by atoms with E-state index in [1.54, 1.807) is 0 Å². The molecular formula is C14H19NO2. The van der Waals surface area contributed by atoms with Gasteiger partial charge in [0.05, 0.1) is 6.61 Å². The molecule has 0 amide bonds. The zero-order valence-electron chi connectivity index (χ0n) is 10.0. The highest BCUT2D eigenvalue weighted by molar-refractivity contribution is 5.60. The summed E-state index contributed by atoms with van der Waals surface area (Å²) in [6, 6.07) is 7.74. The predicted octanol–water partition coefficient (Wildman–Crippen LogP) is 2.42. The quantitative estimate of drug-likeness (QED) is 0.868. The third kappa shape index (κ3) is 3.49. The summed E-state index contributed by atoms with van der Waals surface area (Å²) >= 11 is 0. The molecule has 2 rings (SSSR count). The lowest BCUT2D eigenvalue weighted by molar-refractivity contribution is 0.0497. The molecule has 0 bridgehead atoms. The zero-order valence-corrected chi connectivity index (χ0v) is 10.0. The number of ether oxygens (including phenoxy) is 2. The van der Waals surface area contributed by atoms with Gasteiger partial charge in [0.25, 0.3) is 0 Å².